The molecule has 1 saturated carbocycles. The summed E-state index contributed by atoms with van der Waals surface area (Å²) in [4.78, 5) is 21.6. The molecule has 0 atom stereocenters. The minimum atomic E-state index is -0.237. The second-order valence-corrected chi connectivity index (χ2v) is 6.31. The van der Waals surface area contributed by atoms with Crippen molar-refractivity contribution in [2.45, 2.75) is 45.1 Å². The van der Waals surface area contributed by atoms with Gasteiger partial charge in [0.1, 0.15) is 16.0 Å². The highest BCUT2D eigenvalue weighted by molar-refractivity contribution is 7.17. The number of aryl methyl sites for hydroxylation is 1. The number of rotatable bonds is 3. The molecule has 21 heavy (non-hydrogen) atoms. The summed E-state index contributed by atoms with van der Waals surface area (Å²) in [5, 5.41) is 0.767. The van der Waals surface area contributed by atoms with Crippen LogP contribution in [0.5, 0.6) is 0 Å². The first-order valence-corrected chi connectivity index (χ1v) is 8.15. The maximum Gasteiger partial charge on any atom is 0.350 e. The molecule has 0 aromatic carbocycles. The van der Waals surface area contributed by atoms with Crippen molar-refractivity contribution in [3.63, 3.8) is 0 Å². The summed E-state index contributed by atoms with van der Waals surface area (Å²) >= 11 is 1.36. The molecule has 0 N–H and O–H groups in total. The van der Waals surface area contributed by atoms with Crippen LogP contribution in [0.15, 0.2) is 24.4 Å². The van der Waals surface area contributed by atoms with E-state index >= 15 is 0 Å². The molecule has 1 fully saturated rings. The topological polar surface area (TPSA) is 52.1 Å². The van der Waals surface area contributed by atoms with Crippen LogP contribution in [0.4, 0.5) is 0 Å². The van der Waals surface area contributed by atoms with E-state index in [1.165, 1.54) is 17.8 Å². The molecular formula is C16H18N2O2S. The van der Waals surface area contributed by atoms with Crippen molar-refractivity contribution < 1.29 is 9.53 Å². The van der Waals surface area contributed by atoms with E-state index < -0.39 is 0 Å². The summed E-state index contributed by atoms with van der Waals surface area (Å²) < 4.78 is 5.62. The van der Waals surface area contributed by atoms with Crippen LogP contribution in [0, 0.1) is 6.92 Å². The Hall–Kier alpha value is -1.75. The number of esters is 1. The van der Waals surface area contributed by atoms with Gasteiger partial charge in [0, 0.05) is 6.20 Å². The molecule has 0 unspecified atom stereocenters. The molecule has 0 saturated heterocycles. The molecule has 2 aromatic rings. The van der Waals surface area contributed by atoms with Gasteiger partial charge in [-0.15, -0.1) is 11.3 Å². The molecule has 1 aliphatic rings. The number of carbonyl (C=O) groups excluding carboxylic acids is 1. The van der Waals surface area contributed by atoms with E-state index in [9.17, 15) is 4.79 Å². The van der Waals surface area contributed by atoms with Gasteiger partial charge < -0.3 is 4.74 Å². The quantitative estimate of drug-likeness (QED) is 0.804. The van der Waals surface area contributed by atoms with E-state index in [2.05, 4.69) is 9.97 Å². The molecular weight excluding hydrogens is 284 g/mol. The predicted octanol–water partition coefficient (Wildman–Crippen LogP) is 4.00. The Labute approximate surface area is 128 Å². The van der Waals surface area contributed by atoms with E-state index in [0.717, 1.165) is 42.1 Å². The summed E-state index contributed by atoms with van der Waals surface area (Å²) in [6.07, 6.45) is 7.32. The average molecular weight is 302 g/mol. The molecule has 0 aliphatic heterocycles. The second-order valence-electron chi connectivity index (χ2n) is 5.31. The third-order valence-electron chi connectivity index (χ3n) is 3.69. The zero-order valence-corrected chi connectivity index (χ0v) is 12.9. The summed E-state index contributed by atoms with van der Waals surface area (Å²) in [7, 11) is 0. The molecule has 110 valence electrons. The third-order valence-corrected chi connectivity index (χ3v) is 4.85. The highest BCUT2D eigenvalue weighted by Gasteiger charge is 2.22. The lowest BCUT2D eigenvalue weighted by Gasteiger charge is -2.21. The Morgan fingerprint density at radius 1 is 1.29 bits per heavy atom. The van der Waals surface area contributed by atoms with Crippen molar-refractivity contribution in [2.24, 2.45) is 0 Å². The molecule has 0 amide bonds. The summed E-state index contributed by atoms with van der Waals surface area (Å²) in [6, 6.07) is 5.68. The van der Waals surface area contributed by atoms with Crippen LogP contribution in [0.25, 0.3) is 10.7 Å². The van der Waals surface area contributed by atoms with Gasteiger partial charge in [-0.3, -0.25) is 4.98 Å². The summed E-state index contributed by atoms with van der Waals surface area (Å²) in [6.45, 7) is 1.85. The Morgan fingerprint density at radius 2 is 2.10 bits per heavy atom. The van der Waals surface area contributed by atoms with Crippen LogP contribution in [-0.2, 0) is 4.74 Å². The molecule has 2 aromatic heterocycles. The largest absolute Gasteiger partial charge is 0.458 e. The average Bonchev–Trinajstić information content (AvgIpc) is 2.91. The van der Waals surface area contributed by atoms with Crippen molar-refractivity contribution in [1.82, 2.24) is 9.97 Å². The Kier molecular flexibility index (Phi) is 4.29. The maximum atomic E-state index is 12.3. The normalized spacial score (nSPS) is 15.9. The van der Waals surface area contributed by atoms with Crippen LogP contribution >= 0.6 is 11.3 Å². The van der Waals surface area contributed by atoms with Crippen LogP contribution in [0.3, 0.4) is 0 Å². The molecule has 0 bridgehead atoms. The molecule has 0 spiro atoms. The van der Waals surface area contributed by atoms with Gasteiger partial charge in [-0.1, -0.05) is 12.5 Å². The molecule has 3 rings (SSSR count). The standard InChI is InChI=1S/C16H18N2O2S/c1-11-14(16(19)20-12-7-3-2-4-8-12)21-15(18-11)13-9-5-6-10-17-13/h5-6,9-10,12H,2-4,7-8H2,1H3. The molecule has 0 radical (unpaired) electrons. The first-order chi connectivity index (χ1) is 10.2. The number of carbonyl (C=O) groups is 1. The maximum absolute atomic E-state index is 12.3. The lowest BCUT2D eigenvalue weighted by atomic mass is 9.98. The monoisotopic (exact) mass is 302 g/mol. The fraction of sp³-hybridized carbons (Fsp3) is 0.438. The number of hydrogen-bond donors (Lipinski definition) is 0. The van der Waals surface area contributed by atoms with Gasteiger partial charge in [0.15, 0.2) is 0 Å². The number of ether oxygens (including phenoxy) is 1. The molecule has 5 heteroatoms. The van der Waals surface area contributed by atoms with Crippen LogP contribution in [-0.4, -0.2) is 22.0 Å². The summed E-state index contributed by atoms with van der Waals surface area (Å²) in [5.41, 5.74) is 1.52. The first kappa shape index (κ1) is 14.2. The van der Waals surface area contributed by atoms with Gasteiger partial charge in [-0.25, -0.2) is 9.78 Å². The van der Waals surface area contributed by atoms with Crippen molar-refractivity contribution >= 4 is 17.3 Å². The van der Waals surface area contributed by atoms with E-state index in [-0.39, 0.29) is 12.1 Å². The number of nitrogens with zero attached hydrogens (tertiary/aromatic N) is 2. The summed E-state index contributed by atoms with van der Waals surface area (Å²) in [5.74, 6) is -0.237. The fourth-order valence-electron chi connectivity index (χ4n) is 2.57. The first-order valence-electron chi connectivity index (χ1n) is 7.34. The van der Waals surface area contributed by atoms with Crippen LogP contribution in [0.2, 0.25) is 0 Å². The predicted molar refractivity (Wildman–Crippen MR) is 82.4 cm³/mol. The lowest BCUT2D eigenvalue weighted by molar-refractivity contribution is 0.0216. The van der Waals surface area contributed by atoms with E-state index in [0.29, 0.717) is 4.88 Å². The van der Waals surface area contributed by atoms with Crippen LogP contribution < -0.4 is 0 Å². The van der Waals surface area contributed by atoms with E-state index in [4.69, 9.17) is 4.74 Å². The van der Waals surface area contributed by atoms with Crippen molar-refractivity contribution in [3.8, 4) is 10.7 Å². The Morgan fingerprint density at radius 3 is 2.81 bits per heavy atom. The van der Waals surface area contributed by atoms with Crippen molar-refractivity contribution in [2.75, 3.05) is 0 Å². The molecule has 4 nitrogen and oxygen atoms in total. The van der Waals surface area contributed by atoms with Crippen molar-refractivity contribution in [3.05, 3.63) is 35.0 Å². The lowest BCUT2D eigenvalue weighted by Crippen LogP contribution is -2.20. The molecule has 1 aliphatic carbocycles. The van der Waals surface area contributed by atoms with Crippen LogP contribution in [0.1, 0.15) is 47.5 Å². The van der Waals surface area contributed by atoms with Gasteiger partial charge >= 0.3 is 5.97 Å². The number of thiazole rings is 1. The van der Waals surface area contributed by atoms with Gasteiger partial charge in [0.2, 0.25) is 0 Å². The highest BCUT2D eigenvalue weighted by Crippen LogP contribution is 2.28. The minimum absolute atomic E-state index is 0.0750. The van der Waals surface area contributed by atoms with Gasteiger partial charge in [0.25, 0.3) is 0 Å². The van der Waals surface area contributed by atoms with E-state index in [1.807, 2.05) is 25.1 Å². The second kappa shape index (κ2) is 6.35. The SMILES string of the molecule is Cc1nc(-c2ccccn2)sc1C(=O)OC1CCCCC1. The zero-order chi connectivity index (χ0) is 14.7. The Bertz CT molecular complexity index is 618. The van der Waals surface area contributed by atoms with Gasteiger partial charge in [-0.05, 0) is 44.7 Å². The highest BCUT2D eigenvalue weighted by atomic mass is 32.1. The van der Waals surface area contributed by atoms with E-state index in [1.54, 1.807) is 6.20 Å². The smallest absolute Gasteiger partial charge is 0.350 e. The third kappa shape index (κ3) is 3.29. The number of aromatic nitrogens is 2. The van der Waals surface area contributed by atoms with Gasteiger partial charge in [0.05, 0.1) is 11.4 Å². The van der Waals surface area contributed by atoms with Crippen molar-refractivity contribution in [1.29, 1.82) is 0 Å². The number of pyridine rings is 1. The zero-order valence-electron chi connectivity index (χ0n) is 12.0. The van der Waals surface area contributed by atoms with Gasteiger partial charge in [-0.2, -0.15) is 0 Å². The minimum Gasteiger partial charge on any atom is -0.458 e. The number of hydrogen-bond acceptors (Lipinski definition) is 5. The fourth-order valence-corrected chi connectivity index (χ4v) is 3.50. The Balaban J connectivity index is 1.76. The molecule has 2 heterocycles.